The second kappa shape index (κ2) is 6.61. The van der Waals surface area contributed by atoms with E-state index in [1.807, 2.05) is 28.3 Å². The molecule has 0 saturated carbocycles. The molecule has 2 aromatic heterocycles. The van der Waals surface area contributed by atoms with Crippen LogP contribution in [0.2, 0.25) is 0 Å². The van der Waals surface area contributed by atoms with Crippen LogP contribution in [0, 0.1) is 0 Å². The van der Waals surface area contributed by atoms with Crippen LogP contribution in [0.3, 0.4) is 0 Å². The third-order valence-electron chi connectivity index (χ3n) is 4.49. The first kappa shape index (κ1) is 15.1. The summed E-state index contributed by atoms with van der Waals surface area (Å²) in [6.45, 7) is 0. The summed E-state index contributed by atoms with van der Waals surface area (Å²) in [6, 6.07) is 14.6. The van der Waals surface area contributed by atoms with Gasteiger partial charge in [0.25, 0.3) is 0 Å². The molecule has 1 atom stereocenters. The van der Waals surface area contributed by atoms with Crippen LogP contribution in [0.25, 0.3) is 0 Å². The molecule has 1 aromatic carbocycles. The van der Waals surface area contributed by atoms with E-state index in [0.29, 0.717) is 6.42 Å². The minimum absolute atomic E-state index is 0.00305. The Balaban J connectivity index is 1.56. The minimum atomic E-state index is 0.00305. The number of fused-ring (bicyclic) bond motifs is 1. The van der Waals surface area contributed by atoms with E-state index in [1.165, 1.54) is 11.1 Å². The second-order valence-electron chi connectivity index (χ2n) is 6.07. The van der Waals surface area contributed by atoms with E-state index in [-0.39, 0.29) is 11.9 Å². The van der Waals surface area contributed by atoms with Crippen LogP contribution in [0.5, 0.6) is 0 Å². The number of thiophene rings is 1. The van der Waals surface area contributed by atoms with E-state index in [4.69, 9.17) is 0 Å². The highest BCUT2D eigenvalue weighted by Crippen LogP contribution is 2.34. The first-order valence-electron chi connectivity index (χ1n) is 8.25. The number of amides is 1. The fourth-order valence-corrected chi connectivity index (χ4v) is 4.11. The van der Waals surface area contributed by atoms with Crippen LogP contribution < -0.4 is 5.32 Å². The normalized spacial score (nSPS) is 16.6. The summed E-state index contributed by atoms with van der Waals surface area (Å²) < 4.78 is 1.96. The molecule has 0 radical (unpaired) electrons. The number of rotatable bonds is 4. The number of aryl methyl sites for hydroxylation is 1. The SMILES string of the molecule is O=C(Cc1cccs1)Nc1ccnn1[C@@H]1CCCc2ccccc21. The highest BCUT2D eigenvalue weighted by atomic mass is 32.1. The molecule has 24 heavy (non-hydrogen) atoms. The maximum atomic E-state index is 12.3. The Kier molecular flexibility index (Phi) is 4.17. The zero-order chi connectivity index (χ0) is 16.4. The smallest absolute Gasteiger partial charge is 0.230 e. The maximum Gasteiger partial charge on any atom is 0.230 e. The zero-order valence-corrected chi connectivity index (χ0v) is 14.1. The lowest BCUT2D eigenvalue weighted by Gasteiger charge is -2.27. The van der Waals surface area contributed by atoms with Crippen molar-refractivity contribution in [1.29, 1.82) is 0 Å². The number of benzene rings is 1. The van der Waals surface area contributed by atoms with Crippen molar-refractivity contribution in [3.8, 4) is 0 Å². The molecule has 4 rings (SSSR count). The average Bonchev–Trinajstić information content (AvgIpc) is 3.26. The molecule has 0 bridgehead atoms. The van der Waals surface area contributed by atoms with E-state index < -0.39 is 0 Å². The lowest BCUT2D eigenvalue weighted by Crippen LogP contribution is -2.22. The van der Waals surface area contributed by atoms with Gasteiger partial charge in [-0.25, -0.2) is 4.68 Å². The Hall–Kier alpha value is -2.40. The van der Waals surface area contributed by atoms with Gasteiger partial charge in [-0.2, -0.15) is 5.10 Å². The van der Waals surface area contributed by atoms with E-state index in [2.05, 4.69) is 34.7 Å². The highest BCUT2D eigenvalue weighted by molar-refractivity contribution is 7.10. The largest absolute Gasteiger partial charge is 0.311 e. The van der Waals surface area contributed by atoms with Gasteiger partial charge in [0.15, 0.2) is 0 Å². The van der Waals surface area contributed by atoms with Gasteiger partial charge in [0.2, 0.25) is 5.91 Å². The van der Waals surface area contributed by atoms with Crippen molar-refractivity contribution in [1.82, 2.24) is 9.78 Å². The molecule has 1 aliphatic carbocycles. The van der Waals surface area contributed by atoms with Gasteiger partial charge in [0, 0.05) is 10.9 Å². The summed E-state index contributed by atoms with van der Waals surface area (Å²) in [5.41, 5.74) is 2.71. The number of aromatic nitrogens is 2. The quantitative estimate of drug-likeness (QED) is 0.781. The van der Waals surface area contributed by atoms with Gasteiger partial charge in [0.05, 0.1) is 18.7 Å². The van der Waals surface area contributed by atoms with Crippen LogP contribution in [0.4, 0.5) is 5.82 Å². The summed E-state index contributed by atoms with van der Waals surface area (Å²) in [7, 11) is 0. The first-order chi connectivity index (χ1) is 11.8. The Labute approximate surface area is 145 Å². The molecule has 0 spiro atoms. The molecule has 0 unspecified atom stereocenters. The standard InChI is InChI=1S/C19H19N3OS/c23-19(13-15-7-4-12-24-15)21-18-10-11-20-22(18)17-9-3-6-14-5-1-2-8-16(14)17/h1-2,4-5,7-8,10-12,17H,3,6,9,13H2,(H,21,23)/t17-/m1/s1. The van der Waals surface area contributed by atoms with E-state index in [0.717, 1.165) is 30.0 Å². The van der Waals surface area contributed by atoms with Crippen molar-refractivity contribution in [2.24, 2.45) is 0 Å². The van der Waals surface area contributed by atoms with Crippen molar-refractivity contribution in [2.75, 3.05) is 5.32 Å². The number of anilines is 1. The Morgan fingerprint density at radius 2 is 2.17 bits per heavy atom. The number of nitrogens with zero attached hydrogens (tertiary/aromatic N) is 2. The van der Waals surface area contributed by atoms with Gasteiger partial charge >= 0.3 is 0 Å². The van der Waals surface area contributed by atoms with E-state index in [9.17, 15) is 4.79 Å². The molecule has 0 saturated heterocycles. The molecule has 1 amide bonds. The molecular weight excluding hydrogens is 318 g/mol. The average molecular weight is 337 g/mol. The molecule has 5 heteroatoms. The van der Waals surface area contributed by atoms with Crippen LogP contribution in [-0.2, 0) is 17.6 Å². The molecule has 1 N–H and O–H groups in total. The molecule has 1 aliphatic rings. The predicted molar refractivity (Wildman–Crippen MR) is 96.4 cm³/mol. The van der Waals surface area contributed by atoms with Gasteiger partial charge in [0.1, 0.15) is 5.82 Å². The molecule has 3 aromatic rings. The number of nitrogens with one attached hydrogen (secondary N) is 1. The Bertz CT molecular complexity index is 838. The molecule has 4 nitrogen and oxygen atoms in total. The number of carbonyl (C=O) groups is 1. The summed E-state index contributed by atoms with van der Waals surface area (Å²) in [4.78, 5) is 13.4. The minimum Gasteiger partial charge on any atom is -0.311 e. The van der Waals surface area contributed by atoms with Gasteiger partial charge in [-0.3, -0.25) is 4.79 Å². The second-order valence-corrected chi connectivity index (χ2v) is 7.10. The highest BCUT2D eigenvalue weighted by Gasteiger charge is 2.24. The molecular formula is C19H19N3OS. The number of hydrogen-bond acceptors (Lipinski definition) is 3. The van der Waals surface area contributed by atoms with Crippen molar-refractivity contribution >= 4 is 23.1 Å². The van der Waals surface area contributed by atoms with Crippen molar-refractivity contribution in [3.05, 3.63) is 70.0 Å². The maximum absolute atomic E-state index is 12.3. The molecule has 0 fully saturated rings. The summed E-state index contributed by atoms with van der Waals surface area (Å²) in [5, 5.41) is 9.51. The van der Waals surface area contributed by atoms with Crippen LogP contribution >= 0.6 is 11.3 Å². The van der Waals surface area contributed by atoms with Gasteiger partial charge in [-0.1, -0.05) is 30.3 Å². The lowest BCUT2D eigenvalue weighted by atomic mass is 9.88. The monoisotopic (exact) mass is 337 g/mol. The van der Waals surface area contributed by atoms with Crippen LogP contribution in [-0.4, -0.2) is 15.7 Å². The van der Waals surface area contributed by atoms with Gasteiger partial charge in [-0.15, -0.1) is 11.3 Å². The Morgan fingerprint density at radius 1 is 1.25 bits per heavy atom. The molecule has 2 heterocycles. The zero-order valence-electron chi connectivity index (χ0n) is 13.3. The predicted octanol–water partition coefficient (Wildman–Crippen LogP) is 4.05. The van der Waals surface area contributed by atoms with E-state index >= 15 is 0 Å². The molecule has 122 valence electrons. The summed E-state index contributed by atoms with van der Waals surface area (Å²) in [5.74, 6) is 0.779. The number of carbonyl (C=O) groups excluding carboxylic acids is 1. The van der Waals surface area contributed by atoms with Crippen molar-refractivity contribution < 1.29 is 4.79 Å². The topological polar surface area (TPSA) is 46.9 Å². The Morgan fingerprint density at radius 3 is 3.04 bits per heavy atom. The van der Waals surface area contributed by atoms with Crippen LogP contribution in [0.1, 0.15) is 34.9 Å². The third kappa shape index (κ3) is 2.99. The summed E-state index contributed by atoms with van der Waals surface area (Å²) in [6.07, 6.45) is 5.48. The number of hydrogen-bond donors (Lipinski definition) is 1. The van der Waals surface area contributed by atoms with Gasteiger partial charge in [-0.05, 0) is 41.8 Å². The third-order valence-corrected chi connectivity index (χ3v) is 5.36. The van der Waals surface area contributed by atoms with E-state index in [1.54, 1.807) is 17.5 Å². The first-order valence-corrected chi connectivity index (χ1v) is 9.13. The summed E-state index contributed by atoms with van der Waals surface area (Å²) >= 11 is 1.60. The van der Waals surface area contributed by atoms with Crippen LogP contribution in [0.15, 0.2) is 54.0 Å². The fraction of sp³-hybridized carbons (Fsp3) is 0.263. The van der Waals surface area contributed by atoms with Crippen molar-refractivity contribution in [2.45, 2.75) is 31.7 Å². The molecule has 0 aliphatic heterocycles. The lowest BCUT2D eigenvalue weighted by molar-refractivity contribution is -0.115. The van der Waals surface area contributed by atoms with Gasteiger partial charge < -0.3 is 5.32 Å². The van der Waals surface area contributed by atoms with Crippen molar-refractivity contribution in [3.63, 3.8) is 0 Å². The fourth-order valence-electron chi connectivity index (χ4n) is 3.40.